The maximum absolute atomic E-state index is 11.5. The average Bonchev–Trinajstić information content (AvgIpc) is 2.51. The molecule has 0 heterocycles. The van der Waals surface area contributed by atoms with Gasteiger partial charge in [-0.2, -0.15) is 0 Å². The first-order valence-electron chi connectivity index (χ1n) is 7.61. The van der Waals surface area contributed by atoms with Crippen LogP contribution in [-0.2, 0) is 6.61 Å². The van der Waals surface area contributed by atoms with Crippen molar-refractivity contribution in [1.29, 1.82) is 0 Å². The van der Waals surface area contributed by atoms with Crippen molar-refractivity contribution in [3.8, 4) is 11.5 Å². The molecule has 0 aromatic heterocycles. The van der Waals surface area contributed by atoms with Crippen LogP contribution in [0.1, 0.15) is 27.8 Å². The van der Waals surface area contributed by atoms with Crippen molar-refractivity contribution in [3.63, 3.8) is 0 Å². The van der Waals surface area contributed by atoms with E-state index in [-0.39, 0.29) is 0 Å². The lowest BCUT2D eigenvalue weighted by atomic mass is 10.1. The number of aryl methyl sites for hydroxylation is 4. The molecule has 0 saturated heterocycles. The Morgan fingerprint density at radius 1 is 0.957 bits per heavy atom. The first-order valence-corrected chi connectivity index (χ1v) is 7.61. The van der Waals surface area contributed by atoms with E-state index in [0.717, 1.165) is 22.4 Å². The second kappa shape index (κ2) is 7.18. The number of carbonyl (C=O) groups is 1. The second-order valence-corrected chi connectivity index (χ2v) is 5.68. The molecular formula is C19H23NO3. The highest BCUT2D eigenvalue weighted by atomic mass is 16.6. The van der Waals surface area contributed by atoms with Gasteiger partial charge in [0.05, 0.1) is 0 Å². The Morgan fingerprint density at radius 2 is 1.65 bits per heavy atom. The van der Waals surface area contributed by atoms with Crippen LogP contribution >= 0.6 is 0 Å². The topological polar surface area (TPSA) is 47.6 Å². The van der Waals surface area contributed by atoms with Gasteiger partial charge in [-0.05, 0) is 62.1 Å². The summed E-state index contributed by atoms with van der Waals surface area (Å²) in [6.45, 7) is 8.50. The Kier molecular flexibility index (Phi) is 5.27. The molecule has 1 amide bonds. The third kappa shape index (κ3) is 4.03. The van der Waals surface area contributed by atoms with Crippen molar-refractivity contribution in [2.24, 2.45) is 0 Å². The number of hydrogen-bond acceptors (Lipinski definition) is 3. The highest BCUT2D eigenvalue weighted by Crippen LogP contribution is 2.27. The van der Waals surface area contributed by atoms with Gasteiger partial charge in [0, 0.05) is 12.6 Å². The normalized spacial score (nSPS) is 10.3. The molecule has 1 N–H and O–H groups in total. The molecule has 122 valence electrons. The van der Waals surface area contributed by atoms with Crippen molar-refractivity contribution >= 4 is 6.09 Å². The van der Waals surface area contributed by atoms with Crippen LogP contribution in [0.15, 0.2) is 30.3 Å². The van der Waals surface area contributed by atoms with Crippen molar-refractivity contribution in [1.82, 2.24) is 5.32 Å². The molecule has 0 fully saturated rings. The van der Waals surface area contributed by atoms with Crippen LogP contribution in [0, 0.1) is 27.7 Å². The maximum atomic E-state index is 11.5. The van der Waals surface area contributed by atoms with E-state index in [4.69, 9.17) is 9.47 Å². The van der Waals surface area contributed by atoms with Crippen molar-refractivity contribution < 1.29 is 14.3 Å². The van der Waals surface area contributed by atoms with E-state index in [1.165, 1.54) is 18.2 Å². The summed E-state index contributed by atoms with van der Waals surface area (Å²) in [7, 11) is 1.53. The summed E-state index contributed by atoms with van der Waals surface area (Å²) in [5, 5.41) is 2.45. The van der Waals surface area contributed by atoms with Gasteiger partial charge in [-0.3, -0.25) is 0 Å². The summed E-state index contributed by atoms with van der Waals surface area (Å²) in [5.74, 6) is 1.37. The molecule has 0 aliphatic carbocycles. The van der Waals surface area contributed by atoms with Crippen molar-refractivity contribution in [2.75, 3.05) is 7.05 Å². The second-order valence-electron chi connectivity index (χ2n) is 5.68. The molecule has 0 aliphatic heterocycles. The molecule has 4 heteroatoms. The van der Waals surface area contributed by atoms with Gasteiger partial charge in [0.2, 0.25) is 0 Å². The largest absolute Gasteiger partial charge is 0.488 e. The zero-order valence-corrected chi connectivity index (χ0v) is 14.3. The van der Waals surface area contributed by atoms with E-state index >= 15 is 0 Å². The third-order valence-corrected chi connectivity index (χ3v) is 3.94. The number of amides is 1. The van der Waals surface area contributed by atoms with Gasteiger partial charge >= 0.3 is 6.09 Å². The molecule has 23 heavy (non-hydrogen) atoms. The van der Waals surface area contributed by atoms with E-state index < -0.39 is 6.09 Å². The molecule has 0 radical (unpaired) electrons. The first kappa shape index (κ1) is 16.9. The van der Waals surface area contributed by atoms with Gasteiger partial charge in [-0.25, -0.2) is 4.79 Å². The zero-order chi connectivity index (χ0) is 17.0. The summed E-state index contributed by atoms with van der Waals surface area (Å²) in [5.41, 5.74) is 5.42. The molecule has 0 unspecified atom stereocenters. The fraction of sp³-hybridized carbons (Fsp3) is 0.316. The quantitative estimate of drug-likeness (QED) is 0.919. The minimum absolute atomic E-state index is 0.350. The molecule has 0 bridgehead atoms. The van der Waals surface area contributed by atoms with Crippen LogP contribution in [-0.4, -0.2) is 13.1 Å². The monoisotopic (exact) mass is 313 g/mol. The fourth-order valence-corrected chi connectivity index (χ4v) is 2.35. The first-order chi connectivity index (χ1) is 10.9. The minimum Gasteiger partial charge on any atom is -0.488 e. The SMILES string of the molecule is CNC(=O)Oc1cccc(C)c1COc1cc(C)c(C)cc1C. The highest BCUT2D eigenvalue weighted by Gasteiger charge is 2.12. The predicted octanol–water partition coefficient (Wildman–Crippen LogP) is 4.22. The van der Waals surface area contributed by atoms with E-state index in [0.29, 0.717) is 12.4 Å². The molecule has 0 atom stereocenters. The molecular weight excluding hydrogens is 290 g/mol. The smallest absolute Gasteiger partial charge is 0.412 e. The van der Waals surface area contributed by atoms with Crippen LogP contribution < -0.4 is 14.8 Å². The molecule has 0 spiro atoms. The van der Waals surface area contributed by atoms with Gasteiger partial charge in [0.15, 0.2) is 0 Å². The number of carbonyl (C=O) groups excluding carboxylic acids is 1. The lowest BCUT2D eigenvalue weighted by Gasteiger charge is -2.15. The molecule has 2 aromatic rings. The summed E-state index contributed by atoms with van der Waals surface area (Å²) >= 11 is 0. The number of hydrogen-bond donors (Lipinski definition) is 1. The Labute approximate surface area is 137 Å². The van der Waals surface area contributed by atoms with Crippen molar-refractivity contribution in [3.05, 3.63) is 58.1 Å². The Hall–Kier alpha value is -2.49. The highest BCUT2D eigenvalue weighted by molar-refractivity contribution is 5.70. The van der Waals surface area contributed by atoms with Gasteiger partial charge in [-0.1, -0.05) is 18.2 Å². The number of rotatable bonds is 4. The van der Waals surface area contributed by atoms with Gasteiger partial charge in [0.25, 0.3) is 0 Å². The zero-order valence-electron chi connectivity index (χ0n) is 14.3. The van der Waals surface area contributed by atoms with Crippen LogP contribution in [0.3, 0.4) is 0 Å². The molecule has 2 aromatic carbocycles. The van der Waals surface area contributed by atoms with E-state index in [1.54, 1.807) is 6.07 Å². The van der Waals surface area contributed by atoms with Gasteiger partial charge < -0.3 is 14.8 Å². The number of ether oxygens (including phenoxy) is 2. The minimum atomic E-state index is -0.487. The van der Waals surface area contributed by atoms with Crippen LogP contribution in [0.25, 0.3) is 0 Å². The Morgan fingerprint density at radius 3 is 2.35 bits per heavy atom. The van der Waals surface area contributed by atoms with E-state index in [2.05, 4.69) is 25.2 Å². The third-order valence-electron chi connectivity index (χ3n) is 3.94. The van der Waals surface area contributed by atoms with Gasteiger partial charge in [-0.15, -0.1) is 0 Å². The maximum Gasteiger partial charge on any atom is 0.412 e. The summed E-state index contributed by atoms with van der Waals surface area (Å²) in [6.07, 6.45) is -0.487. The molecule has 4 nitrogen and oxygen atoms in total. The molecule has 0 aliphatic rings. The van der Waals surface area contributed by atoms with Gasteiger partial charge in [0.1, 0.15) is 18.1 Å². The van der Waals surface area contributed by atoms with Crippen LogP contribution in [0.5, 0.6) is 11.5 Å². The standard InChI is InChI=1S/C19H23NO3/c1-12-7-6-8-17(23-19(21)20-5)16(12)11-22-18-10-14(3)13(2)9-15(18)4/h6-10H,11H2,1-5H3,(H,20,21). The molecule has 2 rings (SSSR count). The number of benzene rings is 2. The summed E-state index contributed by atoms with van der Waals surface area (Å²) < 4.78 is 11.3. The Bertz CT molecular complexity index is 723. The Balaban J connectivity index is 2.23. The predicted molar refractivity (Wildman–Crippen MR) is 91.2 cm³/mol. The van der Waals surface area contributed by atoms with Crippen LogP contribution in [0.2, 0.25) is 0 Å². The lowest BCUT2D eigenvalue weighted by Crippen LogP contribution is -2.23. The van der Waals surface area contributed by atoms with E-state index in [1.807, 2.05) is 32.0 Å². The fourth-order valence-electron chi connectivity index (χ4n) is 2.35. The summed E-state index contributed by atoms with van der Waals surface area (Å²) in [4.78, 5) is 11.5. The average molecular weight is 313 g/mol. The van der Waals surface area contributed by atoms with Crippen molar-refractivity contribution in [2.45, 2.75) is 34.3 Å². The van der Waals surface area contributed by atoms with Crippen LogP contribution in [0.4, 0.5) is 4.79 Å². The lowest BCUT2D eigenvalue weighted by molar-refractivity contribution is 0.201. The molecule has 0 saturated carbocycles. The summed E-state index contributed by atoms with van der Waals surface area (Å²) in [6, 6.07) is 9.77. The number of nitrogens with one attached hydrogen (secondary N) is 1. The van der Waals surface area contributed by atoms with E-state index in [9.17, 15) is 4.79 Å².